The van der Waals surface area contributed by atoms with Crippen LogP contribution in [0.4, 0.5) is 13.2 Å². The molecule has 0 aliphatic carbocycles. The van der Waals surface area contributed by atoms with E-state index in [0.29, 0.717) is 10.9 Å². The quantitative estimate of drug-likeness (QED) is 0.241. The first-order valence-electron chi connectivity index (χ1n) is 12.0. The summed E-state index contributed by atoms with van der Waals surface area (Å²) < 4.78 is 45.0. The fourth-order valence-electron chi connectivity index (χ4n) is 4.08. The van der Waals surface area contributed by atoms with Crippen LogP contribution in [0.25, 0.3) is 21.9 Å². The van der Waals surface area contributed by atoms with Crippen molar-refractivity contribution in [2.45, 2.75) is 13.1 Å². The van der Waals surface area contributed by atoms with Gasteiger partial charge in [-0.2, -0.15) is 13.2 Å². The van der Waals surface area contributed by atoms with E-state index < -0.39 is 17.7 Å². The Kier molecular flexibility index (Phi) is 7.63. The van der Waals surface area contributed by atoms with Crippen molar-refractivity contribution in [1.82, 2.24) is 4.90 Å². The highest BCUT2D eigenvalue weighted by atomic mass is 19.4. The lowest BCUT2D eigenvalue weighted by molar-refractivity contribution is -0.137. The first-order valence-corrected chi connectivity index (χ1v) is 12.0. The summed E-state index contributed by atoms with van der Waals surface area (Å²) in [5.74, 6) is 4.24. The molecule has 0 fully saturated rings. The zero-order valence-electron chi connectivity index (χ0n) is 21.4. The van der Waals surface area contributed by atoms with Gasteiger partial charge in [0.2, 0.25) is 0 Å². The Morgan fingerprint density at radius 2 is 1.54 bits per heavy atom. The second-order valence-corrected chi connectivity index (χ2v) is 8.91. The maximum Gasteiger partial charge on any atom is 0.416 e. The number of alkyl halides is 3. The number of benzene rings is 4. The summed E-state index contributed by atoms with van der Waals surface area (Å²) >= 11 is 0. The van der Waals surface area contributed by atoms with Crippen LogP contribution in [0.3, 0.4) is 0 Å². The largest absolute Gasteiger partial charge is 0.506 e. The van der Waals surface area contributed by atoms with Crippen molar-refractivity contribution in [2.24, 2.45) is 0 Å². The number of carbonyl (C=O) groups excluding carboxylic acids is 2. The summed E-state index contributed by atoms with van der Waals surface area (Å²) in [5.41, 5.74) is 0.983. The highest BCUT2D eigenvalue weighted by Crippen LogP contribution is 2.37. The SMILES string of the molecule is CCOC(=O)c1cc(C#Cc2ccc(-c3cc(C(=O)N(C)C)c(O)c4ccccc34)cc2)cc(C(F)(F)F)c1. The molecule has 0 saturated heterocycles. The molecule has 0 bridgehead atoms. The van der Waals surface area contributed by atoms with Crippen LogP contribution in [0.15, 0.2) is 72.8 Å². The zero-order chi connectivity index (χ0) is 28.3. The van der Waals surface area contributed by atoms with E-state index in [2.05, 4.69) is 11.8 Å². The summed E-state index contributed by atoms with van der Waals surface area (Å²) in [6.45, 7) is 1.60. The number of phenolic OH excluding ortho intramolecular Hbond substituents is 1. The van der Waals surface area contributed by atoms with Crippen molar-refractivity contribution in [3.63, 3.8) is 0 Å². The fourth-order valence-corrected chi connectivity index (χ4v) is 4.08. The molecule has 4 aromatic rings. The molecular formula is C31H24F3NO4. The van der Waals surface area contributed by atoms with E-state index >= 15 is 0 Å². The van der Waals surface area contributed by atoms with E-state index in [1.807, 2.05) is 12.1 Å². The van der Waals surface area contributed by atoms with Gasteiger partial charge in [0.1, 0.15) is 5.75 Å². The van der Waals surface area contributed by atoms with Gasteiger partial charge in [-0.1, -0.05) is 48.2 Å². The minimum atomic E-state index is -4.65. The summed E-state index contributed by atoms with van der Waals surface area (Å²) in [6.07, 6.45) is -4.65. The van der Waals surface area contributed by atoms with Crippen LogP contribution in [0.2, 0.25) is 0 Å². The number of fused-ring (bicyclic) bond motifs is 1. The van der Waals surface area contributed by atoms with Crippen LogP contribution in [0.1, 0.15) is 44.3 Å². The fraction of sp³-hybridized carbons (Fsp3) is 0.161. The Bertz CT molecular complexity index is 1630. The molecule has 0 unspecified atom stereocenters. The van der Waals surface area contributed by atoms with Crippen LogP contribution in [0, 0.1) is 11.8 Å². The van der Waals surface area contributed by atoms with Crippen molar-refractivity contribution in [2.75, 3.05) is 20.7 Å². The molecule has 39 heavy (non-hydrogen) atoms. The van der Waals surface area contributed by atoms with E-state index in [1.165, 1.54) is 11.0 Å². The number of aromatic hydroxyl groups is 1. The number of carbonyl (C=O) groups is 2. The van der Waals surface area contributed by atoms with E-state index in [-0.39, 0.29) is 35.0 Å². The lowest BCUT2D eigenvalue weighted by Gasteiger charge is -2.16. The minimum Gasteiger partial charge on any atom is -0.506 e. The first kappa shape index (κ1) is 27.3. The molecule has 1 N–H and O–H groups in total. The lowest BCUT2D eigenvalue weighted by Crippen LogP contribution is -2.21. The van der Waals surface area contributed by atoms with Crippen LogP contribution >= 0.6 is 0 Å². The number of amides is 1. The van der Waals surface area contributed by atoms with Gasteiger partial charge < -0.3 is 14.7 Å². The van der Waals surface area contributed by atoms with Gasteiger partial charge >= 0.3 is 12.1 Å². The third-order valence-corrected chi connectivity index (χ3v) is 5.97. The average Bonchev–Trinajstić information content (AvgIpc) is 2.92. The van der Waals surface area contributed by atoms with Crippen LogP contribution in [0.5, 0.6) is 5.75 Å². The first-order chi connectivity index (χ1) is 18.5. The molecule has 0 aliphatic rings. The molecule has 0 radical (unpaired) electrons. The highest BCUT2D eigenvalue weighted by molar-refractivity contribution is 6.09. The molecular weight excluding hydrogens is 507 g/mol. The Balaban J connectivity index is 1.73. The average molecular weight is 532 g/mol. The van der Waals surface area contributed by atoms with Gasteiger partial charge in [-0.3, -0.25) is 4.79 Å². The van der Waals surface area contributed by atoms with Crippen molar-refractivity contribution in [3.05, 3.63) is 101 Å². The van der Waals surface area contributed by atoms with Crippen molar-refractivity contribution < 1.29 is 32.6 Å². The van der Waals surface area contributed by atoms with Gasteiger partial charge in [0.15, 0.2) is 0 Å². The monoisotopic (exact) mass is 531 g/mol. The molecule has 0 saturated carbocycles. The molecule has 8 heteroatoms. The van der Waals surface area contributed by atoms with Crippen molar-refractivity contribution in [3.8, 4) is 28.7 Å². The van der Waals surface area contributed by atoms with Crippen LogP contribution in [-0.4, -0.2) is 42.6 Å². The summed E-state index contributed by atoms with van der Waals surface area (Å²) in [7, 11) is 3.20. The molecule has 5 nitrogen and oxygen atoms in total. The number of nitrogens with zero attached hydrogens (tertiary/aromatic N) is 1. The Morgan fingerprint density at radius 3 is 2.15 bits per heavy atom. The van der Waals surface area contributed by atoms with Crippen LogP contribution in [-0.2, 0) is 10.9 Å². The number of phenols is 1. The second-order valence-electron chi connectivity index (χ2n) is 8.91. The van der Waals surface area contributed by atoms with E-state index in [1.54, 1.807) is 63.5 Å². The third-order valence-electron chi connectivity index (χ3n) is 5.97. The number of esters is 1. The van der Waals surface area contributed by atoms with E-state index in [0.717, 1.165) is 28.6 Å². The maximum absolute atomic E-state index is 13.4. The van der Waals surface area contributed by atoms with Gasteiger partial charge in [-0.15, -0.1) is 0 Å². The predicted molar refractivity (Wildman–Crippen MR) is 142 cm³/mol. The van der Waals surface area contributed by atoms with Gasteiger partial charge in [-0.25, -0.2) is 4.79 Å². The molecule has 0 heterocycles. The summed E-state index contributed by atoms with van der Waals surface area (Å²) in [4.78, 5) is 26.1. The molecule has 4 rings (SSSR count). The number of hydrogen-bond donors (Lipinski definition) is 1. The normalized spacial score (nSPS) is 11.0. The summed E-state index contributed by atoms with van der Waals surface area (Å²) in [5, 5.41) is 12.0. The lowest BCUT2D eigenvalue weighted by atomic mass is 9.93. The van der Waals surface area contributed by atoms with Crippen LogP contribution < -0.4 is 0 Å². The molecule has 198 valence electrons. The van der Waals surface area contributed by atoms with E-state index in [4.69, 9.17) is 4.74 Å². The highest BCUT2D eigenvalue weighted by Gasteiger charge is 2.32. The Hall–Kier alpha value is -4.77. The van der Waals surface area contributed by atoms with Gasteiger partial charge in [0, 0.05) is 30.6 Å². The van der Waals surface area contributed by atoms with Crippen molar-refractivity contribution >= 4 is 22.6 Å². The molecule has 0 aliphatic heterocycles. The second kappa shape index (κ2) is 10.9. The maximum atomic E-state index is 13.4. The molecule has 4 aromatic carbocycles. The van der Waals surface area contributed by atoms with E-state index in [9.17, 15) is 27.9 Å². The molecule has 0 atom stereocenters. The number of hydrogen-bond acceptors (Lipinski definition) is 4. The summed E-state index contributed by atoms with van der Waals surface area (Å²) in [6, 6.07) is 18.7. The zero-order valence-corrected chi connectivity index (χ0v) is 21.4. The topological polar surface area (TPSA) is 66.8 Å². The number of rotatable bonds is 4. The number of ether oxygens (including phenoxy) is 1. The Labute approximate surface area is 223 Å². The smallest absolute Gasteiger partial charge is 0.416 e. The van der Waals surface area contributed by atoms with Crippen molar-refractivity contribution in [1.29, 1.82) is 0 Å². The third kappa shape index (κ3) is 5.88. The number of halogens is 3. The molecule has 0 spiro atoms. The Morgan fingerprint density at radius 1 is 0.897 bits per heavy atom. The minimum absolute atomic E-state index is 0.0216. The molecule has 1 amide bonds. The van der Waals surface area contributed by atoms with Gasteiger partial charge in [-0.05, 0) is 59.8 Å². The molecule has 0 aromatic heterocycles. The van der Waals surface area contributed by atoms with Gasteiger partial charge in [0.25, 0.3) is 5.91 Å². The standard InChI is InChI=1S/C31H24F3NO4/c1-4-39-30(38)22-15-20(16-23(17-22)31(32,33)34)10-9-19-11-13-21(14-12-19)26-18-27(29(37)35(2)3)28(36)25-8-6-5-7-24(25)26/h5-8,11-18,36H,4H2,1-3H3. The van der Waals surface area contributed by atoms with Gasteiger partial charge in [0.05, 0.1) is 23.3 Å². The predicted octanol–water partition coefficient (Wildman–Crippen LogP) is 6.51.